The van der Waals surface area contributed by atoms with Gasteiger partial charge in [-0.25, -0.2) is 0 Å². The number of carbonyl (C=O) groups excluding carboxylic acids is 1. The summed E-state index contributed by atoms with van der Waals surface area (Å²) < 4.78 is 0. The molecule has 3 aromatic rings. The van der Waals surface area contributed by atoms with Gasteiger partial charge in [0.2, 0.25) is 5.91 Å². The minimum absolute atomic E-state index is 0.0615. The number of amides is 1. The molecular formula is C25H24ClN5O2S. The average Bonchev–Trinajstić information content (AvgIpc) is 3.28. The molecule has 0 fully saturated rings. The van der Waals surface area contributed by atoms with Gasteiger partial charge in [0.1, 0.15) is 23.0 Å². The molecule has 9 heteroatoms. The summed E-state index contributed by atoms with van der Waals surface area (Å²) >= 11 is 7.87. The van der Waals surface area contributed by atoms with E-state index in [2.05, 4.69) is 34.6 Å². The highest BCUT2D eigenvalue weighted by Gasteiger charge is 2.39. The van der Waals surface area contributed by atoms with E-state index < -0.39 is 6.04 Å². The van der Waals surface area contributed by atoms with Gasteiger partial charge in [-0.1, -0.05) is 23.7 Å². The van der Waals surface area contributed by atoms with Crippen LogP contribution in [0.4, 0.5) is 10.7 Å². The number of amidine groups is 1. The summed E-state index contributed by atoms with van der Waals surface area (Å²) in [6.45, 7) is 6.27. The first-order valence-corrected chi connectivity index (χ1v) is 12.2. The second kappa shape index (κ2) is 8.77. The van der Waals surface area contributed by atoms with Gasteiger partial charge in [0.05, 0.1) is 12.1 Å². The standard InChI is InChI=1S/C25H24ClN5O2S/c1-13-14(2)34-25-22(13)23(16-4-6-17(26)7-5-16)28-20(24-30-29-15(3)31(24)25)12-21(33)27-18-8-10-19(32)11-9-18/h4-11,15,20,29,32H,12H2,1-3H3,(H,27,33)/t15?,20-/m0/s1. The molecular weight excluding hydrogens is 470 g/mol. The van der Waals surface area contributed by atoms with Gasteiger partial charge >= 0.3 is 0 Å². The number of hydrogen-bond acceptors (Lipinski definition) is 7. The van der Waals surface area contributed by atoms with Crippen molar-refractivity contribution in [2.45, 2.75) is 39.4 Å². The fourth-order valence-electron chi connectivity index (χ4n) is 4.22. The molecule has 0 spiro atoms. The summed E-state index contributed by atoms with van der Waals surface area (Å²) in [5, 5.41) is 18.7. The maximum atomic E-state index is 13.0. The number of aliphatic imine (C=N–C) groups is 1. The van der Waals surface area contributed by atoms with Crippen molar-refractivity contribution < 1.29 is 9.90 Å². The van der Waals surface area contributed by atoms with E-state index in [4.69, 9.17) is 16.6 Å². The van der Waals surface area contributed by atoms with Crippen LogP contribution in [-0.2, 0) is 4.79 Å². The maximum absolute atomic E-state index is 13.0. The van der Waals surface area contributed by atoms with Crippen molar-refractivity contribution in [3.8, 4) is 5.75 Å². The van der Waals surface area contributed by atoms with Crippen LogP contribution in [0.15, 0.2) is 58.6 Å². The van der Waals surface area contributed by atoms with Gasteiger partial charge in [-0.3, -0.25) is 20.1 Å². The molecule has 1 unspecified atom stereocenters. The molecule has 34 heavy (non-hydrogen) atoms. The number of hydrazone groups is 1. The lowest BCUT2D eigenvalue weighted by Crippen LogP contribution is -2.42. The van der Waals surface area contributed by atoms with Gasteiger partial charge in [0.15, 0.2) is 5.84 Å². The molecule has 2 aromatic carbocycles. The number of nitrogens with zero attached hydrogens (tertiary/aromatic N) is 3. The molecule has 0 bridgehead atoms. The highest BCUT2D eigenvalue weighted by atomic mass is 35.5. The first kappa shape index (κ1) is 22.4. The number of halogens is 1. The molecule has 7 nitrogen and oxygen atoms in total. The minimum Gasteiger partial charge on any atom is -0.508 e. The second-order valence-corrected chi connectivity index (χ2v) is 10.0. The van der Waals surface area contributed by atoms with Crippen LogP contribution in [0.3, 0.4) is 0 Å². The van der Waals surface area contributed by atoms with Crippen molar-refractivity contribution in [1.29, 1.82) is 0 Å². The topological polar surface area (TPSA) is 89.3 Å². The number of thiophene rings is 1. The minimum atomic E-state index is -0.487. The zero-order valence-corrected chi connectivity index (χ0v) is 20.5. The van der Waals surface area contributed by atoms with Crippen molar-refractivity contribution in [3.05, 3.63) is 75.1 Å². The Bertz CT molecular complexity index is 1310. The van der Waals surface area contributed by atoms with Crippen molar-refractivity contribution in [2.24, 2.45) is 10.1 Å². The average molecular weight is 494 g/mol. The Balaban J connectivity index is 1.58. The molecule has 0 saturated carbocycles. The predicted octanol–water partition coefficient (Wildman–Crippen LogP) is 5.04. The van der Waals surface area contributed by atoms with E-state index in [0.717, 1.165) is 27.7 Å². The lowest BCUT2D eigenvalue weighted by atomic mass is 9.99. The van der Waals surface area contributed by atoms with Crippen LogP contribution in [0.1, 0.15) is 34.9 Å². The third kappa shape index (κ3) is 4.03. The molecule has 2 atom stereocenters. The van der Waals surface area contributed by atoms with E-state index in [-0.39, 0.29) is 24.2 Å². The quantitative estimate of drug-likeness (QED) is 0.444. The van der Waals surface area contributed by atoms with Gasteiger partial charge in [0, 0.05) is 26.7 Å². The molecule has 3 heterocycles. The van der Waals surface area contributed by atoms with Crippen LogP contribution >= 0.6 is 22.9 Å². The van der Waals surface area contributed by atoms with Crippen molar-refractivity contribution >= 4 is 51.1 Å². The van der Waals surface area contributed by atoms with Crippen molar-refractivity contribution in [1.82, 2.24) is 5.43 Å². The van der Waals surface area contributed by atoms with Gasteiger partial charge in [-0.15, -0.1) is 11.3 Å². The fourth-order valence-corrected chi connectivity index (χ4v) is 5.59. The number of phenols is 1. The number of rotatable bonds is 4. The number of hydrogen-bond donors (Lipinski definition) is 3. The largest absolute Gasteiger partial charge is 0.508 e. The Labute approximate surface area is 206 Å². The lowest BCUT2D eigenvalue weighted by molar-refractivity contribution is -0.116. The monoisotopic (exact) mass is 493 g/mol. The first-order valence-electron chi connectivity index (χ1n) is 11.0. The molecule has 0 aliphatic carbocycles. The van der Waals surface area contributed by atoms with Gasteiger partial charge in [0.25, 0.3) is 0 Å². The van der Waals surface area contributed by atoms with E-state index in [1.165, 1.54) is 22.6 Å². The summed E-state index contributed by atoms with van der Waals surface area (Å²) in [6.07, 6.45) is 0.0583. The third-order valence-electron chi connectivity index (χ3n) is 6.05. The van der Waals surface area contributed by atoms with Crippen molar-refractivity contribution in [2.75, 3.05) is 10.2 Å². The Morgan fingerprint density at radius 1 is 1.18 bits per heavy atom. The predicted molar refractivity (Wildman–Crippen MR) is 139 cm³/mol. The Morgan fingerprint density at radius 2 is 1.88 bits per heavy atom. The van der Waals surface area contributed by atoms with Crippen molar-refractivity contribution in [3.63, 3.8) is 0 Å². The first-order chi connectivity index (χ1) is 16.3. The summed E-state index contributed by atoms with van der Waals surface area (Å²) in [6, 6.07) is 13.5. The molecule has 5 rings (SSSR count). The molecule has 0 radical (unpaired) electrons. The zero-order valence-electron chi connectivity index (χ0n) is 19.0. The number of benzene rings is 2. The van der Waals surface area contributed by atoms with Crippen LogP contribution < -0.4 is 15.6 Å². The maximum Gasteiger partial charge on any atom is 0.227 e. The number of nitrogens with one attached hydrogen (secondary N) is 2. The van der Waals surface area contributed by atoms with Crippen LogP contribution in [0, 0.1) is 13.8 Å². The summed E-state index contributed by atoms with van der Waals surface area (Å²) in [5.41, 5.74) is 7.77. The summed E-state index contributed by atoms with van der Waals surface area (Å²) in [4.78, 5) is 21.5. The van der Waals surface area contributed by atoms with Gasteiger partial charge in [-0.2, -0.15) is 5.10 Å². The smallest absolute Gasteiger partial charge is 0.227 e. The molecule has 1 amide bonds. The van der Waals surface area contributed by atoms with Crippen LogP contribution in [0.5, 0.6) is 5.75 Å². The van der Waals surface area contributed by atoms with Gasteiger partial charge < -0.3 is 10.4 Å². The molecule has 174 valence electrons. The molecule has 0 saturated heterocycles. The number of phenolic OH excluding ortho intramolecular Hbond substituents is 1. The summed E-state index contributed by atoms with van der Waals surface area (Å²) in [7, 11) is 0. The normalized spacial score (nSPS) is 18.9. The molecule has 1 aromatic heterocycles. The zero-order chi connectivity index (χ0) is 24.0. The highest BCUT2D eigenvalue weighted by Crippen LogP contribution is 2.41. The van der Waals surface area contributed by atoms with Crippen LogP contribution in [0.2, 0.25) is 5.02 Å². The highest BCUT2D eigenvalue weighted by molar-refractivity contribution is 7.17. The van der Waals surface area contributed by atoms with Crippen LogP contribution in [0.25, 0.3) is 0 Å². The van der Waals surface area contributed by atoms with Crippen LogP contribution in [-0.4, -0.2) is 34.8 Å². The number of anilines is 2. The third-order valence-corrected chi connectivity index (χ3v) is 7.51. The Morgan fingerprint density at radius 3 is 2.59 bits per heavy atom. The van der Waals surface area contributed by atoms with E-state index in [1.807, 2.05) is 31.2 Å². The van der Waals surface area contributed by atoms with E-state index in [1.54, 1.807) is 23.5 Å². The summed E-state index contributed by atoms with van der Waals surface area (Å²) in [5.74, 6) is 0.682. The van der Waals surface area contributed by atoms with E-state index in [0.29, 0.717) is 10.7 Å². The molecule has 2 aliphatic rings. The fraction of sp³-hybridized carbons (Fsp3) is 0.240. The van der Waals surface area contributed by atoms with E-state index in [9.17, 15) is 9.90 Å². The number of aromatic hydroxyl groups is 1. The number of carbonyl (C=O) groups is 1. The number of aryl methyl sites for hydroxylation is 1. The Hall–Kier alpha value is -3.36. The van der Waals surface area contributed by atoms with E-state index >= 15 is 0 Å². The molecule has 2 aliphatic heterocycles. The number of fused-ring (bicyclic) bond motifs is 3. The SMILES string of the molecule is Cc1sc2c(c1C)C(c1ccc(Cl)cc1)=N[C@@H](CC(=O)Nc1ccc(O)cc1)C1=NNC(C)N12. The second-order valence-electron chi connectivity index (χ2n) is 8.41. The van der Waals surface area contributed by atoms with Gasteiger partial charge in [-0.05, 0) is 62.7 Å². The lowest BCUT2D eigenvalue weighted by Gasteiger charge is -2.24. The Kier molecular flexibility index (Phi) is 5.79. The molecule has 3 N–H and O–H groups in total.